The zero-order valence-corrected chi connectivity index (χ0v) is 12.0. The number of aliphatic hydroxyl groups is 1. The molecular weight excluding hydrogens is 272 g/mol. The third kappa shape index (κ3) is 2.83. The third-order valence-electron chi connectivity index (χ3n) is 3.56. The lowest BCUT2D eigenvalue weighted by atomic mass is 9.84. The van der Waals surface area contributed by atoms with Crippen LogP contribution in [0.3, 0.4) is 0 Å². The van der Waals surface area contributed by atoms with Gasteiger partial charge in [-0.15, -0.1) is 0 Å². The molecule has 0 radical (unpaired) electrons. The molecule has 21 heavy (non-hydrogen) atoms. The van der Waals surface area contributed by atoms with Gasteiger partial charge in [-0.05, 0) is 37.0 Å². The van der Waals surface area contributed by atoms with Gasteiger partial charge in [-0.1, -0.05) is 13.8 Å². The van der Waals surface area contributed by atoms with Gasteiger partial charge >= 0.3 is 0 Å². The number of phenols is 2. The summed E-state index contributed by atoms with van der Waals surface area (Å²) >= 11 is 0. The first-order valence-electron chi connectivity index (χ1n) is 6.86. The second-order valence-corrected chi connectivity index (χ2v) is 5.63. The van der Waals surface area contributed by atoms with Crippen molar-refractivity contribution in [2.75, 3.05) is 0 Å². The number of benzene rings is 1. The van der Waals surface area contributed by atoms with Crippen LogP contribution in [0.25, 0.3) is 0 Å². The van der Waals surface area contributed by atoms with Crippen LogP contribution in [-0.4, -0.2) is 33.0 Å². The first-order chi connectivity index (χ1) is 9.82. The second kappa shape index (κ2) is 5.69. The van der Waals surface area contributed by atoms with Gasteiger partial charge in [-0.25, -0.2) is 0 Å². The number of aromatic hydroxyl groups is 2. The molecule has 1 aromatic rings. The van der Waals surface area contributed by atoms with E-state index in [4.69, 9.17) is 0 Å². The Morgan fingerprint density at radius 3 is 2.14 bits per heavy atom. The highest BCUT2D eigenvalue weighted by molar-refractivity contribution is 6.26. The van der Waals surface area contributed by atoms with Crippen molar-refractivity contribution < 1.29 is 24.9 Å². The summed E-state index contributed by atoms with van der Waals surface area (Å²) in [6.45, 7) is 3.99. The van der Waals surface area contributed by atoms with Crippen molar-refractivity contribution in [2.24, 2.45) is 5.92 Å². The lowest BCUT2D eigenvalue weighted by molar-refractivity contribution is 0.0935. The monoisotopic (exact) mass is 290 g/mol. The van der Waals surface area contributed by atoms with E-state index in [9.17, 15) is 24.9 Å². The fourth-order valence-corrected chi connectivity index (χ4v) is 2.38. The van der Waals surface area contributed by atoms with Crippen molar-refractivity contribution >= 4 is 11.6 Å². The van der Waals surface area contributed by atoms with Crippen LogP contribution in [0.2, 0.25) is 0 Å². The van der Waals surface area contributed by atoms with Gasteiger partial charge in [0.2, 0.25) is 0 Å². The average Bonchev–Trinajstić information content (AvgIpc) is 2.42. The Bertz CT molecular complexity index is 628. The molecule has 1 atom stereocenters. The minimum absolute atomic E-state index is 0.0333. The van der Waals surface area contributed by atoms with E-state index < -0.39 is 17.7 Å². The largest absolute Gasteiger partial charge is 0.507 e. The third-order valence-corrected chi connectivity index (χ3v) is 3.56. The summed E-state index contributed by atoms with van der Waals surface area (Å²) < 4.78 is 0. The highest BCUT2D eigenvalue weighted by atomic mass is 16.3. The van der Waals surface area contributed by atoms with Crippen LogP contribution in [0.4, 0.5) is 0 Å². The summed E-state index contributed by atoms with van der Waals surface area (Å²) in [5.74, 6) is -1.57. The lowest BCUT2D eigenvalue weighted by Crippen LogP contribution is -2.25. The number of carbonyl (C=O) groups is 2. The topological polar surface area (TPSA) is 94.8 Å². The molecule has 1 aromatic carbocycles. The van der Waals surface area contributed by atoms with Crippen LogP contribution < -0.4 is 0 Å². The van der Waals surface area contributed by atoms with Gasteiger partial charge in [0.05, 0.1) is 17.2 Å². The first kappa shape index (κ1) is 15.3. The van der Waals surface area contributed by atoms with Gasteiger partial charge in [0.15, 0.2) is 11.6 Å². The molecule has 2 rings (SSSR count). The SMILES string of the molecule is CC(C)CCC(O)C1=CC(=O)c2c(O)ccc(O)c2C1=O. The van der Waals surface area contributed by atoms with E-state index in [-0.39, 0.29) is 28.2 Å². The number of ketones is 2. The standard InChI is InChI=1S/C16H18O5/c1-8(2)3-4-10(17)9-7-13(20)14-11(18)5-6-12(19)15(14)16(9)21/h5-8,10,17-19H,3-4H2,1-2H3. The predicted octanol–water partition coefficient (Wildman–Crippen LogP) is 2.20. The summed E-state index contributed by atoms with van der Waals surface area (Å²) in [4.78, 5) is 24.4. The molecule has 5 nitrogen and oxygen atoms in total. The maximum absolute atomic E-state index is 12.4. The molecule has 112 valence electrons. The van der Waals surface area contributed by atoms with E-state index in [0.29, 0.717) is 18.8 Å². The molecule has 1 aliphatic rings. The minimum Gasteiger partial charge on any atom is -0.507 e. The Labute approximate surface area is 122 Å². The minimum atomic E-state index is -1.06. The van der Waals surface area contributed by atoms with Crippen molar-refractivity contribution in [3.05, 3.63) is 34.9 Å². The highest BCUT2D eigenvalue weighted by Gasteiger charge is 2.33. The van der Waals surface area contributed by atoms with Crippen molar-refractivity contribution in [3.63, 3.8) is 0 Å². The molecule has 0 aliphatic heterocycles. The maximum atomic E-state index is 12.4. The Kier molecular flexibility index (Phi) is 4.14. The number of rotatable bonds is 4. The van der Waals surface area contributed by atoms with Crippen molar-refractivity contribution in [1.29, 1.82) is 0 Å². The highest BCUT2D eigenvalue weighted by Crippen LogP contribution is 2.35. The van der Waals surface area contributed by atoms with Gasteiger partial charge in [-0.3, -0.25) is 9.59 Å². The van der Waals surface area contributed by atoms with E-state index in [1.165, 1.54) is 0 Å². The molecule has 1 unspecified atom stereocenters. The molecule has 1 aliphatic carbocycles. The van der Waals surface area contributed by atoms with Crippen LogP contribution in [0.5, 0.6) is 11.5 Å². The van der Waals surface area contributed by atoms with Crippen molar-refractivity contribution in [3.8, 4) is 11.5 Å². The number of allylic oxidation sites excluding steroid dienone is 1. The first-order valence-corrected chi connectivity index (χ1v) is 6.86. The summed E-state index contributed by atoms with van der Waals surface area (Å²) in [5.41, 5.74) is -0.477. The Hall–Kier alpha value is -2.14. The number of fused-ring (bicyclic) bond motifs is 1. The molecule has 0 heterocycles. The molecule has 5 heteroatoms. The van der Waals surface area contributed by atoms with Crippen LogP contribution in [-0.2, 0) is 0 Å². The number of hydrogen-bond acceptors (Lipinski definition) is 5. The fraction of sp³-hybridized carbons (Fsp3) is 0.375. The lowest BCUT2D eigenvalue weighted by Gasteiger charge is -2.21. The molecule has 0 spiro atoms. The fourth-order valence-electron chi connectivity index (χ4n) is 2.38. The van der Waals surface area contributed by atoms with Crippen LogP contribution in [0, 0.1) is 5.92 Å². The molecule has 3 N–H and O–H groups in total. The number of carbonyl (C=O) groups excluding carboxylic acids is 2. The van der Waals surface area contributed by atoms with Gasteiger partial charge in [0.25, 0.3) is 0 Å². The summed E-state index contributed by atoms with van der Waals surface area (Å²) in [6.07, 6.45) is 1.06. The van der Waals surface area contributed by atoms with Crippen molar-refractivity contribution in [1.82, 2.24) is 0 Å². The molecule has 0 fully saturated rings. The average molecular weight is 290 g/mol. The molecule has 0 aromatic heterocycles. The van der Waals surface area contributed by atoms with Gasteiger partial charge in [0.1, 0.15) is 11.5 Å². The summed E-state index contributed by atoms with van der Waals surface area (Å²) in [7, 11) is 0. The predicted molar refractivity (Wildman–Crippen MR) is 76.6 cm³/mol. The summed E-state index contributed by atoms with van der Waals surface area (Å²) in [6, 6.07) is 2.32. The van der Waals surface area contributed by atoms with E-state index in [1.54, 1.807) is 0 Å². The maximum Gasteiger partial charge on any atom is 0.196 e. The number of hydrogen-bond donors (Lipinski definition) is 3. The Morgan fingerprint density at radius 1 is 1.00 bits per heavy atom. The molecule has 0 saturated carbocycles. The van der Waals surface area contributed by atoms with Crippen LogP contribution in [0.15, 0.2) is 23.8 Å². The molecule has 0 amide bonds. The van der Waals surface area contributed by atoms with Gasteiger partial charge in [-0.2, -0.15) is 0 Å². The molecule has 0 bridgehead atoms. The Balaban J connectivity index is 2.39. The van der Waals surface area contributed by atoms with Crippen molar-refractivity contribution in [2.45, 2.75) is 32.8 Å². The van der Waals surface area contributed by atoms with Crippen LogP contribution >= 0.6 is 0 Å². The number of Topliss-reactive ketones (excluding diaryl/α,β-unsaturated/α-hetero) is 1. The van der Waals surface area contributed by atoms with Gasteiger partial charge in [0, 0.05) is 5.57 Å². The smallest absolute Gasteiger partial charge is 0.196 e. The zero-order chi connectivity index (χ0) is 15.7. The zero-order valence-electron chi connectivity index (χ0n) is 12.0. The molecular formula is C16H18O5. The normalized spacial score (nSPS) is 15.9. The van der Waals surface area contributed by atoms with E-state index in [0.717, 1.165) is 18.2 Å². The summed E-state index contributed by atoms with van der Waals surface area (Å²) in [5, 5.41) is 29.6. The van der Waals surface area contributed by atoms with E-state index >= 15 is 0 Å². The number of phenolic OH excluding ortho intramolecular Hbond substituents is 2. The second-order valence-electron chi connectivity index (χ2n) is 5.63. The Morgan fingerprint density at radius 2 is 1.57 bits per heavy atom. The van der Waals surface area contributed by atoms with Crippen LogP contribution in [0.1, 0.15) is 47.4 Å². The quantitative estimate of drug-likeness (QED) is 0.739. The van der Waals surface area contributed by atoms with E-state index in [2.05, 4.69) is 0 Å². The van der Waals surface area contributed by atoms with E-state index in [1.807, 2.05) is 13.8 Å². The van der Waals surface area contributed by atoms with Gasteiger partial charge < -0.3 is 15.3 Å². The molecule has 0 saturated heterocycles. The number of aliphatic hydroxyl groups excluding tert-OH is 1.